The number of rotatable bonds is 6. The van der Waals surface area contributed by atoms with Crippen LogP contribution in [0.1, 0.15) is 5.56 Å². The Labute approximate surface area is 126 Å². The van der Waals surface area contributed by atoms with E-state index in [1.54, 1.807) is 18.2 Å². The molecule has 0 spiro atoms. The second kappa shape index (κ2) is 6.74. The van der Waals surface area contributed by atoms with Gasteiger partial charge in [0.1, 0.15) is 0 Å². The molecule has 2 aromatic carbocycles. The predicted octanol–water partition coefficient (Wildman–Crippen LogP) is 2.06. The largest absolute Gasteiger partial charge is 0.374 e. The summed E-state index contributed by atoms with van der Waals surface area (Å²) in [5.41, 5.74) is 7.39. The van der Waals surface area contributed by atoms with Gasteiger partial charge in [-0.05, 0) is 29.8 Å². The molecule has 0 fully saturated rings. The van der Waals surface area contributed by atoms with E-state index in [0.717, 1.165) is 11.3 Å². The Kier molecular flexibility index (Phi) is 4.98. The normalized spacial score (nSPS) is 11.3. The van der Waals surface area contributed by atoms with Crippen LogP contribution in [0.3, 0.4) is 0 Å². The molecular formula is C16H20N2O2S. The number of anilines is 1. The van der Waals surface area contributed by atoms with Gasteiger partial charge in [-0.15, -0.1) is 0 Å². The zero-order valence-electron chi connectivity index (χ0n) is 12.1. The van der Waals surface area contributed by atoms with E-state index in [-0.39, 0.29) is 5.75 Å². The van der Waals surface area contributed by atoms with Crippen LogP contribution in [-0.2, 0) is 16.4 Å². The standard InChI is InChI=1S/C16H20N2O2S/c1-18(15-7-3-2-4-8-15)10-11-21(19,20)16-9-5-6-14(12-16)13-17/h2-9,12H,10-11,13,17H2,1H3. The molecule has 2 aromatic rings. The van der Waals surface area contributed by atoms with Gasteiger partial charge in [0, 0.05) is 25.8 Å². The van der Waals surface area contributed by atoms with Crippen molar-refractivity contribution in [3.63, 3.8) is 0 Å². The van der Waals surface area contributed by atoms with Crippen molar-refractivity contribution in [3.8, 4) is 0 Å². The Balaban J connectivity index is 2.07. The average Bonchev–Trinajstić information content (AvgIpc) is 2.53. The number of benzene rings is 2. The molecule has 0 bridgehead atoms. The van der Waals surface area contributed by atoms with Gasteiger partial charge in [0.25, 0.3) is 0 Å². The number of sulfone groups is 1. The van der Waals surface area contributed by atoms with Gasteiger partial charge in [-0.25, -0.2) is 8.42 Å². The van der Waals surface area contributed by atoms with Crippen molar-refractivity contribution >= 4 is 15.5 Å². The fraction of sp³-hybridized carbons (Fsp3) is 0.250. The number of nitrogens with zero attached hydrogens (tertiary/aromatic N) is 1. The monoisotopic (exact) mass is 304 g/mol. The van der Waals surface area contributed by atoms with E-state index in [0.29, 0.717) is 18.0 Å². The highest BCUT2D eigenvalue weighted by Crippen LogP contribution is 2.15. The number of hydrogen-bond acceptors (Lipinski definition) is 4. The van der Waals surface area contributed by atoms with E-state index in [1.807, 2.05) is 48.3 Å². The highest BCUT2D eigenvalue weighted by Gasteiger charge is 2.15. The summed E-state index contributed by atoms with van der Waals surface area (Å²) in [6.07, 6.45) is 0. The second-order valence-electron chi connectivity index (χ2n) is 4.93. The number of nitrogens with two attached hydrogens (primary N) is 1. The third kappa shape index (κ3) is 4.06. The van der Waals surface area contributed by atoms with Gasteiger partial charge in [0.2, 0.25) is 0 Å². The maximum absolute atomic E-state index is 12.4. The van der Waals surface area contributed by atoms with Crippen LogP contribution in [0.15, 0.2) is 59.5 Å². The van der Waals surface area contributed by atoms with E-state index < -0.39 is 9.84 Å². The fourth-order valence-corrected chi connectivity index (χ4v) is 3.42. The Morgan fingerprint density at radius 3 is 2.43 bits per heavy atom. The summed E-state index contributed by atoms with van der Waals surface area (Å²) < 4.78 is 24.7. The van der Waals surface area contributed by atoms with Gasteiger partial charge in [-0.3, -0.25) is 0 Å². The maximum Gasteiger partial charge on any atom is 0.180 e. The van der Waals surface area contributed by atoms with Crippen LogP contribution < -0.4 is 10.6 Å². The summed E-state index contributed by atoms with van der Waals surface area (Å²) in [6.45, 7) is 0.784. The van der Waals surface area contributed by atoms with Gasteiger partial charge >= 0.3 is 0 Å². The molecule has 21 heavy (non-hydrogen) atoms. The van der Waals surface area contributed by atoms with E-state index in [9.17, 15) is 8.42 Å². The van der Waals surface area contributed by atoms with Crippen LogP contribution >= 0.6 is 0 Å². The first kappa shape index (κ1) is 15.5. The van der Waals surface area contributed by atoms with Crippen LogP contribution in [0.4, 0.5) is 5.69 Å². The molecule has 2 N–H and O–H groups in total. The Bertz CT molecular complexity index is 684. The minimum Gasteiger partial charge on any atom is -0.374 e. The molecule has 0 aliphatic carbocycles. The summed E-state index contributed by atoms with van der Waals surface area (Å²) in [6, 6.07) is 16.6. The molecule has 5 heteroatoms. The minimum atomic E-state index is -3.29. The topological polar surface area (TPSA) is 63.4 Å². The van der Waals surface area contributed by atoms with Crippen molar-refractivity contribution in [2.24, 2.45) is 5.73 Å². The van der Waals surface area contributed by atoms with Gasteiger partial charge in [0.05, 0.1) is 10.6 Å². The molecule has 0 atom stereocenters. The van der Waals surface area contributed by atoms with E-state index in [4.69, 9.17) is 5.73 Å². The molecule has 0 radical (unpaired) electrons. The molecule has 0 aliphatic heterocycles. The molecule has 0 aromatic heterocycles. The lowest BCUT2D eigenvalue weighted by Gasteiger charge is -2.19. The van der Waals surface area contributed by atoms with Crippen LogP contribution in [0.2, 0.25) is 0 Å². The zero-order valence-corrected chi connectivity index (χ0v) is 12.9. The Morgan fingerprint density at radius 1 is 1.05 bits per heavy atom. The maximum atomic E-state index is 12.4. The van der Waals surface area contributed by atoms with E-state index in [2.05, 4.69) is 0 Å². The molecule has 0 amide bonds. The number of para-hydroxylation sites is 1. The van der Waals surface area contributed by atoms with Crippen molar-refractivity contribution in [2.45, 2.75) is 11.4 Å². The summed E-state index contributed by atoms with van der Waals surface area (Å²) >= 11 is 0. The summed E-state index contributed by atoms with van der Waals surface area (Å²) in [5.74, 6) is 0.0758. The van der Waals surface area contributed by atoms with Crippen molar-refractivity contribution in [2.75, 3.05) is 24.2 Å². The molecule has 2 rings (SSSR count). The van der Waals surface area contributed by atoms with Gasteiger partial charge < -0.3 is 10.6 Å². The summed E-state index contributed by atoms with van der Waals surface area (Å²) in [5, 5.41) is 0. The van der Waals surface area contributed by atoms with Crippen LogP contribution in [0, 0.1) is 0 Å². The van der Waals surface area contributed by atoms with Crippen molar-refractivity contribution < 1.29 is 8.42 Å². The molecule has 0 heterocycles. The average molecular weight is 304 g/mol. The van der Waals surface area contributed by atoms with E-state index >= 15 is 0 Å². The first-order valence-electron chi connectivity index (χ1n) is 6.81. The van der Waals surface area contributed by atoms with Crippen molar-refractivity contribution in [3.05, 3.63) is 60.2 Å². The fourth-order valence-electron chi connectivity index (χ4n) is 2.05. The number of hydrogen-bond donors (Lipinski definition) is 1. The summed E-state index contributed by atoms with van der Waals surface area (Å²) in [4.78, 5) is 2.27. The quantitative estimate of drug-likeness (QED) is 0.887. The third-order valence-corrected chi connectivity index (χ3v) is 5.08. The molecule has 0 aliphatic rings. The first-order chi connectivity index (χ1) is 10.0. The SMILES string of the molecule is CN(CCS(=O)(=O)c1cccc(CN)c1)c1ccccc1. The zero-order chi connectivity index (χ0) is 15.3. The molecule has 0 saturated carbocycles. The first-order valence-corrected chi connectivity index (χ1v) is 8.46. The molecular weight excluding hydrogens is 284 g/mol. The highest BCUT2D eigenvalue weighted by molar-refractivity contribution is 7.91. The van der Waals surface area contributed by atoms with Gasteiger partial charge in [-0.2, -0.15) is 0 Å². The Morgan fingerprint density at radius 2 is 1.76 bits per heavy atom. The van der Waals surface area contributed by atoms with E-state index in [1.165, 1.54) is 0 Å². The van der Waals surface area contributed by atoms with Crippen LogP contribution in [-0.4, -0.2) is 27.8 Å². The lowest BCUT2D eigenvalue weighted by atomic mass is 10.2. The molecule has 4 nitrogen and oxygen atoms in total. The molecule has 112 valence electrons. The highest BCUT2D eigenvalue weighted by atomic mass is 32.2. The summed E-state index contributed by atoms with van der Waals surface area (Å²) in [7, 11) is -1.40. The molecule has 0 unspecified atom stereocenters. The lowest BCUT2D eigenvalue weighted by molar-refractivity contribution is 0.595. The van der Waals surface area contributed by atoms with Crippen molar-refractivity contribution in [1.29, 1.82) is 0 Å². The minimum absolute atomic E-state index is 0.0758. The Hall–Kier alpha value is -1.85. The van der Waals surface area contributed by atoms with Gasteiger partial charge in [-0.1, -0.05) is 30.3 Å². The second-order valence-corrected chi connectivity index (χ2v) is 7.04. The lowest BCUT2D eigenvalue weighted by Crippen LogP contribution is -2.25. The molecule has 0 saturated heterocycles. The smallest absolute Gasteiger partial charge is 0.180 e. The third-order valence-electron chi connectivity index (χ3n) is 3.39. The van der Waals surface area contributed by atoms with Crippen LogP contribution in [0.5, 0.6) is 0 Å². The van der Waals surface area contributed by atoms with Crippen LogP contribution in [0.25, 0.3) is 0 Å². The van der Waals surface area contributed by atoms with Gasteiger partial charge in [0.15, 0.2) is 9.84 Å². The predicted molar refractivity (Wildman–Crippen MR) is 86.1 cm³/mol. The van der Waals surface area contributed by atoms with Crippen molar-refractivity contribution in [1.82, 2.24) is 0 Å².